The molecule has 0 saturated carbocycles. The fraction of sp³-hybridized carbons (Fsp3) is 0.536. The second kappa shape index (κ2) is 11.0. The van der Waals surface area contributed by atoms with Gasteiger partial charge in [0.2, 0.25) is 0 Å². The van der Waals surface area contributed by atoms with E-state index in [9.17, 15) is 5.11 Å². The SMILES string of the molecule is CCCC(CCC)CCCCc1ccc(-c2nc3cc(Cl)ccc3s2)c(O)c1C(C)(C)C. The van der Waals surface area contributed by atoms with E-state index in [1.54, 1.807) is 11.3 Å². The number of phenolic OH excluding ortho intramolecular Hbond substituents is 1. The van der Waals surface area contributed by atoms with Crippen LogP contribution in [-0.4, -0.2) is 10.1 Å². The Bertz CT molecular complexity index is 1030. The van der Waals surface area contributed by atoms with E-state index in [0.717, 1.165) is 38.7 Å². The Morgan fingerprint density at radius 2 is 1.72 bits per heavy atom. The minimum atomic E-state index is -0.137. The maximum atomic E-state index is 11.4. The molecule has 0 atom stereocenters. The van der Waals surface area contributed by atoms with Gasteiger partial charge >= 0.3 is 0 Å². The molecule has 32 heavy (non-hydrogen) atoms. The van der Waals surface area contributed by atoms with Crippen molar-refractivity contribution >= 4 is 33.2 Å². The van der Waals surface area contributed by atoms with E-state index >= 15 is 0 Å². The Balaban J connectivity index is 1.82. The molecule has 0 radical (unpaired) electrons. The number of fused-ring (bicyclic) bond motifs is 1. The maximum Gasteiger partial charge on any atom is 0.129 e. The Hall–Kier alpha value is -1.58. The number of halogens is 1. The van der Waals surface area contributed by atoms with Crippen molar-refractivity contribution in [2.45, 2.75) is 91.4 Å². The molecule has 0 bridgehead atoms. The van der Waals surface area contributed by atoms with Gasteiger partial charge in [-0.05, 0) is 54.0 Å². The normalized spacial score (nSPS) is 12.2. The minimum Gasteiger partial charge on any atom is -0.507 e. The highest BCUT2D eigenvalue weighted by molar-refractivity contribution is 7.21. The third kappa shape index (κ3) is 6.05. The van der Waals surface area contributed by atoms with E-state index < -0.39 is 0 Å². The van der Waals surface area contributed by atoms with E-state index in [-0.39, 0.29) is 5.41 Å². The van der Waals surface area contributed by atoms with Gasteiger partial charge in [0, 0.05) is 10.6 Å². The molecule has 1 N–H and O–H groups in total. The van der Waals surface area contributed by atoms with E-state index in [0.29, 0.717) is 10.8 Å². The maximum absolute atomic E-state index is 11.4. The predicted octanol–water partition coefficient (Wildman–Crippen LogP) is 9.55. The molecule has 0 aliphatic carbocycles. The number of benzene rings is 2. The molecule has 0 saturated heterocycles. The standard InChI is InChI=1S/C28H38ClNOS/c1-6-10-19(11-7-2)12-8-9-13-20-14-16-22(26(31)25(20)28(3,4)5)27-30-23-18-21(29)15-17-24(23)32-27/h14-19,31H,6-13H2,1-5H3. The van der Waals surface area contributed by atoms with Crippen molar-refractivity contribution in [1.82, 2.24) is 4.98 Å². The van der Waals surface area contributed by atoms with Crippen LogP contribution in [0.3, 0.4) is 0 Å². The molecular weight excluding hydrogens is 434 g/mol. The zero-order valence-corrected chi connectivity index (χ0v) is 21.9. The van der Waals surface area contributed by atoms with Gasteiger partial charge in [-0.1, -0.05) is 90.8 Å². The van der Waals surface area contributed by atoms with Gasteiger partial charge in [0.1, 0.15) is 10.8 Å². The van der Waals surface area contributed by atoms with Crippen LogP contribution in [0.1, 0.15) is 90.7 Å². The Kier molecular flexibility index (Phi) is 8.63. The Labute approximate surface area is 203 Å². The summed E-state index contributed by atoms with van der Waals surface area (Å²) >= 11 is 7.74. The van der Waals surface area contributed by atoms with Crippen molar-refractivity contribution in [3.63, 3.8) is 0 Å². The van der Waals surface area contributed by atoms with Crippen LogP contribution in [0.4, 0.5) is 0 Å². The van der Waals surface area contributed by atoms with Crippen LogP contribution in [0.15, 0.2) is 30.3 Å². The number of unbranched alkanes of at least 4 members (excludes halogenated alkanes) is 1. The smallest absolute Gasteiger partial charge is 0.129 e. The first-order valence-electron chi connectivity index (χ1n) is 12.2. The predicted molar refractivity (Wildman–Crippen MR) is 141 cm³/mol. The van der Waals surface area contributed by atoms with Gasteiger partial charge in [0.05, 0.1) is 15.8 Å². The number of hydrogen-bond acceptors (Lipinski definition) is 3. The third-order valence-corrected chi connectivity index (χ3v) is 7.60. The zero-order valence-electron chi connectivity index (χ0n) is 20.3. The number of aryl methyl sites for hydroxylation is 1. The summed E-state index contributed by atoms with van der Waals surface area (Å²) in [6, 6.07) is 10.0. The summed E-state index contributed by atoms with van der Waals surface area (Å²) in [6.07, 6.45) is 10.0. The fourth-order valence-electron chi connectivity index (χ4n) is 4.86. The lowest BCUT2D eigenvalue weighted by Crippen LogP contribution is -2.15. The molecule has 0 fully saturated rings. The lowest BCUT2D eigenvalue weighted by Gasteiger charge is -2.25. The number of nitrogens with zero attached hydrogens (tertiary/aromatic N) is 1. The number of phenols is 1. The van der Waals surface area contributed by atoms with Gasteiger partial charge in [-0.3, -0.25) is 0 Å². The second-order valence-electron chi connectivity index (χ2n) is 10.1. The van der Waals surface area contributed by atoms with Crippen molar-refractivity contribution in [3.05, 3.63) is 46.5 Å². The molecule has 1 aromatic heterocycles. The van der Waals surface area contributed by atoms with Crippen molar-refractivity contribution in [1.29, 1.82) is 0 Å². The molecule has 0 spiro atoms. The molecule has 3 aromatic rings. The molecule has 174 valence electrons. The van der Waals surface area contributed by atoms with Crippen molar-refractivity contribution in [3.8, 4) is 16.3 Å². The molecule has 2 nitrogen and oxygen atoms in total. The second-order valence-corrected chi connectivity index (χ2v) is 11.5. The van der Waals surface area contributed by atoms with Gasteiger partial charge in [-0.2, -0.15) is 0 Å². The van der Waals surface area contributed by atoms with Crippen LogP contribution >= 0.6 is 22.9 Å². The van der Waals surface area contributed by atoms with Crippen LogP contribution in [0.25, 0.3) is 20.8 Å². The lowest BCUT2D eigenvalue weighted by molar-refractivity contribution is 0.394. The highest BCUT2D eigenvalue weighted by atomic mass is 35.5. The highest BCUT2D eigenvalue weighted by Gasteiger charge is 2.25. The summed E-state index contributed by atoms with van der Waals surface area (Å²) < 4.78 is 1.08. The van der Waals surface area contributed by atoms with Crippen molar-refractivity contribution in [2.75, 3.05) is 0 Å². The lowest BCUT2D eigenvalue weighted by atomic mass is 9.80. The first-order chi connectivity index (χ1) is 15.2. The summed E-state index contributed by atoms with van der Waals surface area (Å²) in [5, 5.41) is 12.9. The molecule has 2 aromatic carbocycles. The van der Waals surface area contributed by atoms with E-state index in [1.165, 1.54) is 50.5 Å². The summed E-state index contributed by atoms with van der Waals surface area (Å²) in [7, 11) is 0. The first kappa shape index (κ1) is 25.1. The quantitative estimate of drug-likeness (QED) is 0.298. The largest absolute Gasteiger partial charge is 0.507 e. The summed E-state index contributed by atoms with van der Waals surface area (Å²) in [6.45, 7) is 11.1. The number of aromatic hydroxyl groups is 1. The van der Waals surface area contributed by atoms with Crippen LogP contribution in [0, 0.1) is 5.92 Å². The van der Waals surface area contributed by atoms with E-state index in [4.69, 9.17) is 16.6 Å². The topological polar surface area (TPSA) is 33.1 Å². The highest BCUT2D eigenvalue weighted by Crippen LogP contribution is 2.43. The number of aromatic nitrogens is 1. The van der Waals surface area contributed by atoms with Gasteiger partial charge in [0.25, 0.3) is 0 Å². The van der Waals surface area contributed by atoms with Crippen molar-refractivity contribution < 1.29 is 5.11 Å². The van der Waals surface area contributed by atoms with Gasteiger partial charge in [0.15, 0.2) is 0 Å². The van der Waals surface area contributed by atoms with Crippen LogP contribution in [0.5, 0.6) is 5.75 Å². The minimum absolute atomic E-state index is 0.137. The van der Waals surface area contributed by atoms with Crippen molar-refractivity contribution in [2.24, 2.45) is 5.92 Å². The molecule has 3 rings (SSSR count). The van der Waals surface area contributed by atoms with Gasteiger partial charge < -0.3 is 5.11 Å². The van der Waals surface area contributed by atoms with E-state index in [2.05, 4.69) is 46.8 Å². The molecule has 0 amide bonds. The van der Waals surface area contributed by atoms with Gasteiger partial charge in [-0.15, -0.1) is 11.3 Å². The van der Waals surface area contributed by atoms with Crippen LogP contribution in [-0.2, 0) is 11.8 Å². The number of rotatable bonds is 10. The number of thiazole rings is 1. The molecule has 1 heterocycles. The summed E-state index contributed by atoms with van der Waals surface area (Å²) in [5.41, 5.74) is 3.90. The van der Waals surface area contributed by atoms with Crippen LogP contribution in [0.2, 0.25) is 5.02 Å². The number of hydrogen-bond donors (Lipinski definition) is 1. The molecule has 0 unspecified atom stereocenters. The zero-order chi connectivity index (χ0) is 23.3. The first-order valence-corrected chi connectivity index (χ1v) is 13.4. The Morgan fingerprint density at radius 3 is 2.38 bits per heavy atom. The summed E-state index contributed by atoms with van der Waals surface area (Å²) in [4.78, 5) is 4.76. The molecule has 0 aliphatic heterocycles. The van der Waals surface area contributed by atoms with E-state index in [1.807, 2.05) is 18.2 Å². The fourth-order valence-corrected chi connectivity index (χ4v) is 6.00. The summed E-state index contributed by atoms with van der Waals surface area (Å²) in [5.74, 6) is 1.25. The average molecular weight is 472 g/mol. The monoisotopic (exact) mass is 471 g/mol. The van der Waals surface area contributed by atoms with Crippen LogP contribution < -0.4 is 0 Å². The molecule has 4 heteroatoms. The molecule has 0 aliphatic rings. The Morgan fingerprint density at radius 1 is 1.00 bits per heavy atom. The van der Waals surface area contributed by atoms with Gasteiger partial charge in [-0.25, -0.2) is 4.98 Å². The average Bonchev–Trinajstić information content (AvgIpc) is 3.13. The third-order valence-electron chi connectivity index (χ3n) is 6.30. The molecular formula is C28H38ClNOS.